The highest BCUT2D eigenvalue weighted by molar-refractivity contribution is 5.56. The first-order chi connectivity index (χ1) is 10.3. The summed E-state index contributed by atoms with van der Waals surface area (Å²) in [7, 11) is 0. The van der Waals surface area contributed by atoms with Gasteiger partial charge in [0.2, 0.25) is 0 Å². The standard InChI is InChI=1S/C18H20N2O/c1-3-5-6-7-12-21-17-13-19-18(20-14-17)16-10-8-15(4-2)9-11-16/h2,8-11,13-14H,3,5-7,12H2,1H3. The smallest absolute Gasteiger partial charge is 0.159 e. The van der Waals surface area contributed by atoms with Crippen molar-refractivity contribution in [2.45, 2.75) is 32.6 Å². The summed E-state index contributed by atoms with van der Waals surface area (Å²) in [5.41, 5.74) is 1.80. The van der Waals surface area contributed by atoms with Gasteiger partial charge in [-0.2, -0.15) is 0 Å². The van der Waals surface area contributed by atoms with Crippen LogP contribution in [0.4, 0.5) is 0 Å². The Kier molecular flexibility index (Phi) is 5.78. The summed E-state index contributed by atoms with van der Waals surface area (Å²) in [6, 6.07) is 7.62. The molecular formula is C18H20N2O. The average molecular weight is 280 g/mol. The SMILES string of the molecule is C#Cc1ccc(-c2ncc(OCCCCCC)cn2)cc1. The first-order valence-corrected chi connectivity index (χ1v) is 7.35. The molecule has 2 rings (SSSR count). The van der Waals surface area contributed by atoms with E-state index in [0.717, 1.165) is 29.9 Å². The van der Waals surface area contributed by atoms with Crippen LogP contribution < -0.4 is 4.74 Å². The van der Waals surface area contributed by atoms with Crippen molar-refractivity contribution in [3.8, 4) is 29.5 Å². The highest BCUT2D eigenvalue weighted by atomic mass is 16.5. The number of nitrogens with zero attached hydrogens (tertiary/aromatic N) is 2. The van der Waals surface area contributed by atoms with E-state index in [1.54, 1.807) is 12.4 Å². The molecule has 0 spiro atoms. The number of terminal acetylenes is 1. The van der Waals surface area contributed by atoms with Gasteiger partial charge in [0, 0.05) is 11.1 Å². The van der Waals surface area contributed by atoms with Crippen LogP contribution in [0.15, 0.2) is 36.7 Å². The third-order valence-electron chi connectivity index (χ3n) is 3.20. The van der Waals surface area contributed by atoms with Crippen molar-refractivity contribution in [2.75, 3.05) is 6.61 Å². The van der Waals surface area contributed by atoms with E-state index in [9.17, 15) is 0 Å². The van der Waals surface area contributed by atoms with E-state index in [0.29, 0.717) is 5.82 Å². The molecule has 3 nitrogen and oxygen atoms in total. The van der Waals surface area contributed by atoms with Crippen molar-refractivity contribution in [3.05, 3.63) is 42.2 Å². The highest BCUT2D eigenvalue weighted by Crippen LogP contribution is 2.17. The molecule has 0 N–H and O–H groups in total. The van der Waals surface area contributed by atoms with Crippen LogP contribution in [-0.4, -0.2) is 16.6 Å². The summed E-state index contributed by atoms with van der Waals surface area (Å²) in [6.07, 6.45) is 13.5. The van der Waals surface area contributed by atoms with Crippen LogP contribution in [0.2, 0.25) is 0 Å². The second-order valence-electron chi connectivity index (χ2n) is 4.87. The Morgan fingerprint density at radius 1 is 1.05 bits per heavy atom. The molecular weight excluding hydrogens is 260 g/mol. The lowest BCUT2D eigenvalue weighted by Gasteiger charge is -2.06. The number of hydrogen-bond acceptors (Lipinski definition) is 3. The zero-order chi connectivity index (χ0) is 14.9. The predicted octanol–water partition coefficient (Wildman–Crippen LogP) is 4.08. The molecule has 1 heterocycles. The molecule has 0 saturated heterocycles. The van der Waals surface area contributed by atoms with Crippen molar-refractivity contribution in [3.63, 3.8) is 0 Å². The zero-order valence-electron chi connectivity index (χ0n) is 12.4. The fraction of sp³-hybridized carbons (Fsp3) is 0.333. The van der Waals surface area contributed by atoms with Gasteiger partial charge in [0.05, 0.1) is 19.0 Å². The number of ether oxygens (including phenoxy) is 1. The largest absolute Gasteiger partial charge is 0.490 e. The molecule has 1 aromatic heterocycles. The first kappa shape index (κ1) is 15.1. The van der Waals surface area contributed by atoms with Gasteiger partial charge in [0.25, 0.3) is 0 Å². The maximum Gasteiger partial charge on any atom is 0.159 e. The Balaban J connectivity index is 1.90. The molecule has 0 amide bonds. The van der Waals surface area contributed by atoms with Crippen LogP contribution >= 0.6 is 0 Å². The second kappa shape index (κ2) is 8.06. The Hall–Kier alpha value is -2.34. The van der Waals surface area contributed by atoms with Gasteiger partial charge in [-0.05, 0) is 30.7 Å². The predicted molar refractivity (Wildman–Crippen MR) is 85.0 cm³/mol. The third kappa shape index (κ3) is 4.61. The maximum absolute atomic E-state index is 5.63. The number of hydrogen-bond donors (Lipinski definition) is 0. The van der Waals surface area contributed by atoms with Crippen LogP contribution in [0.5, 0.6) is 5.75 Å². The van der Waals surface area contributed by atoms with Crippen molar-refractivity contribution in [1.29, 1.82) is 0 Å². The van der Waals surface area contributed by atoms with E-state index in [1.165, 1.54) is 19.3 Å². The third-order valence-corrected chi connectivity index (χ3v) is 3.20. The van der Waals surface area contributed by atoms with Gasteiger partial charge in [-0.25, -0.2) is 9.97 Å². The fourth-order valence-corrected chi connectivity index (χ4v) is 1.97. The lowest BCUT2D eigenvalue weighted by atomic mass is 10.1. The summed E-state index contributed by atoms with van der Waals surface area (Å²) < 4.78 is 5.63. The van der Waals surface area contributed by atoms with E-state index < -0.39 is 0 Å². The molecule has 0 atom stereocenters. The molecule has 0 aliphatic heterocycles. The van der Waals surface area contributed by atoms with E-state index >= 15 is 0 Å². The Bertz CT molecular complexity index is 582. The molecule has 0 saturated carbocycles. The second-order valence-corrected chi connectivity index (χ2v) is 4.87. The number of benzene rings is 1. The summed E-state index contributed by atoms with van der Waals surface area (Å²) in [6.45, 7) is 2.92. The molecule has 0 radical (unpaired) electrons. The normalized spacial score (nSPS) is 10.1. The maximum atomic E-state index is 5.63. The van der Waals surface area contributed by atoms with Crippen LogP contribution in [0, 0.1) is 12.3 Å². The Morgan fingerprint density at radius 3 is 2.38 bits per heavy atom. The molecule has 21 heavy (non-hydrogen) atoms. The van der Waals surface area contributed by atoms with Crippen molar-refractivity contribution >= 4 is 0 Å². The van der Waals surface area contributed by atoms with E-state index in [2.05, 4.69) is 22.8 Å². The highest BCUT2D eigenvalue weighted by Gasteiger charge is 2.02. The van der Waals surface area contributed by atoms with Crippen LogP contribution in [-0.2, 0) is 0 Å². The molecule has 0 aliphatic carbocycles. The minimum atomic E-state index is 0.678. The fourth-order valence-electron chi connectivity index (χ4n) is 1.97. The van der Waals surface area contributed by atoms with Gasteiger partial charge in [-0.3, -0.25) is 0 Å². The number of aromatic nitrogens is 2. The number of unbranched alkanes of at least 4 members (excludes halogenated alkanes) is 3. The number of rotatable bonds is 7. The molecule has 1 aromatic carbocycles. The summed E-state index contributed by atoms with van der Waals surface area (Å²) >= 11 is 0. The van der Waals surface area contributed by atoms with Gasteiger partial charge in [0.15, 0.2) is 11.6 Å². The zero-order valence-corrected chi connectivity index (χ0v) is 12.4. The van der Waals surface area contributed by atoms with Gasteiger partial charge >= 0.3 is 0 Å². The van der Waals surface area contributed by atoms with Crippen LogP contribution in [0.3, 0.4) is 0 Å². The first-order valence-electron chi connectivity index (χ1n) is 7.35. The Labute approximate surface area is 126 Å². The molecule has 108 valence electrons. The molecule has 2 aromatic rings. The molecule has 0 aliphatic rings. The lowest BCUT2D eigenvalue weighted by molar-refractivity contribution is 0.303. The van der Waals surface area contributed by atoms with Crippen molar-refractivity contribution in [1.82, 2.24) is 9.97 Å². The molecule has 0 unspecified atom stereocenters. The van der Waals surface area contributed by atoms with Crippen molar-refractivity contribution in [2.24, 2.45) is 0 Å². The molecule has 3 heteroatoms. The van der Waals surface area contributed by atoms with Gasteiger partial charge < -0.3 is 4.74 Å². The molecule has 0 bridgehead atoms. The van der Waals surface area contributed by atoms with E-state index in [4.69, 9.17) is 11.2 Å². The Morgan fingerprint density at radius 2 is 1.76 bits per heavy atom. The quantitative estimate of drug-likeness (QED) is 0.566. The average Bonchev–Trinajstić information content (AvgIpc) is 2.55. The summed E-state index contributed by atoms with van der Waals surface area (Å²) in [4.78, 5) is 8.66. The van der Waals surface area contributed by atoms with Gasteiger partial charge in [0.1, 0.15) is 0 Å². The van der Waals surface area contributed by atoms with Crippen LogP contribution in [0.1, 0.15) is 38.2 Å². The van der Waals surface area contributed by atoms with Crippen LogP contribution in [0.25, 0.3) is 11.4 Å². The van der Waals surface area contributed by atoms with Gasteiger partial charge in [-0.1, -0.05) is 32.1 Å². The van der Waals surface area contributed by atoms with Gasteiger partial charge in [-0.15, -0.1) is 6.42 Å². The lowest BCUT2D eigenvalue weighted by Crippen LogP contribution is -1.99. The minimum Gasteiger partial charge on any atom is -0.490 e. The monoisotopic (exact) mass is 280 g/mol. The van der Waals surface area contributed by atoms with E-state index in [1.807, 2.05) is 24.3 Å². The molecule has 0 fully saturated rings. The summed E-state index contributed by atoms with van der Waals surface area (Å²) in [5, 5.41) is 0. The topological polar surface area (TPSA) is 35.0 Å². The minimum absolute atomic E-state index is 0.678. The summed E-state index contributed by atoms with van der Waals surface area (Å²) in [5.74, 6) is 3.99. The van der Waals surface area contributed by atoms with E-state index in [-0.39, 0.29) is 0 Å². The van der Waals surface area contributed by atoms with Crippen molar-refractivity contribution < 1.29 is 4.74 Å².